The molecule has 5 rings (SSSR count). The van der Waals surface area contributed by atoms with E-state index in [4.69, 9.17) is 0 Å². The van der Waals surface area contributed by atoms with Gasteiger partial charge < -0.3 is 10.2 Å². The predicted octanol–water partition coefficient (Wildman–Crippen LogP) is 4.51. The Morgan fingerprint density at radius 3 is 2.24 bits per heavy atom. The van der Waals surface area contributed by atoms with Crippen molar-refractivity contribution in [3.8, 4) is 0 Å². The highest BCUT2D eigenvalue weighted by Crippen LogP contribution is 2.37. The van der Waals surface area contributed by atoms with E-state index in [0.717, 1.165) is 50.5 Å². The van der Waals surface area contributed by atoms with E-state index < -0.39 is 0 Å². The van der Waals surface area contributed by atoms with Gasteiger partial charge >= 0.3 is 0 Å². The van der Waals surface area contributed by atoms with Crippen molar-refractivity contribution < 1.29 is 14.4 Å². The van der Waals surface area contributed by atoms with E-state index in [1.807, 2.05) is 24.3 Å². The Balaban J connectivity index is 1.54. The summed E-state index contributed by atoms with van der Waals surface area (Å²) in [5, 5.41) is 2.77. The summed E-state index contributed by atoms with van der Waals surface area (Å²) in [6.45, 7) is 2.79. The molecule has 1 N–H and O–H groups in total. The summed E-state index contributed by atoms with van der Waals surface area (Å²) in [6.07, 6.45) is 7.02. The van der Waals surface area contributed by atoms with Gasteiger partial charge in [0.25, 0.3) is 11.8 Å². The summed E-state index contributed by atoms with van der Waals surface area (Å²) in [6, 6.07) is 15.5. The quantitative estimate of drug-likeness (QED) is 0.542. The fourth-order valence-electron chi connectivity index (χ4n) is 5.55. The minimum absolute atomic E-state index is 0.0364. The van der Waals surface area contributed by atoms with Crippen molar-refractivity contribution >= 4 is 29.0 Å². The Bertz CT molecular complexity index is 1140. The van der Waals surface area contributed by atoms with Crippen LogP contribution in [0.5, 0.6) is 0 Å². The summed E-state index contributed by atoms with van der Waals surface area (Å²) in [4.78, 5) is 42.8. The van der Waals surface area contributed by atoms with E-state index in [0.29, 0.717) is 30.0 Å². The van der Waals surface area contributed by atoms with Gasteiger partial charge in [0, 0.05) is 31.7 Å². The first-order valence-corrected chi connectivity index (χ1v) is 12.3. The largest absolute Gasteiger partial charge is 0.362 e. The minimum Gasteiger partial charge on any atom is -0.362 e. The van der Waals surface area contributed by atoms with Gasteiger partial charge in [0.05, 0.1) is 5.57 Å². The van der Waals surface area contributed by atoms with Crippen molar-refractivity contribution in [2.75, 3.05) is 11.9 Å². The topological polar surface area (TPSA) is 69.7 Å². The van der Waals surface area contributed by atoms with Gasteiger partial charge in [-0.3, -0.25) is 19.3 Å². The first-order chi connectivity index (χ1) is 16.5. The molecule has 0 bridgehead atoms. The van der Waals surface area contributed by atoms with Crippen LogP contribution in [0.25, 0.3) is 5.57 Å². The molecular weight excluding hydrogens is 426 g/mol. The molecule has 176 valence electrons. The van der Waals surface area contributed by atoms with E-state index in [-0.39, 0.29) is 23.8 Å². The van der Waals surface area contributed by atoms with Gasteiger partial charge in [-0.1, -0.05) is 62.1 Å². The van der Waals surface area contributed by atoms with Crippen LogP contribution in [0.1, 0.15) is 62.1 Å². The molecule has 0 radical (unpaired) electrons. The SMILES string of the molecule is CC(=O)Nc1ccc(C2=C(N3CCc4ccccc4C3)C(=O)N(C3CCCCCC3)C2=O)cc1. The number of nitrogens with zero attached hydrogens (tertiary/aromatic N) is 2. The molecule has 6 nitrogen and oxygen atoms in total. The molecule has 3 amide bonds. The van der Waals surface area contributed by atoms with Crippen LogP contribution in [0.4, 0.5) is 5.69 Å². The third kappa shape index (κ3) is 4.25. The Labute approximate surface area is 200 Å². The molecule has 34 heavy (non-hydrogen) atoms. The van der Waals surface area contributed by atoms with Crippen molar-refractivity contribution in [3.63, 3.8) is 0 Å². The molecule has 1 fully saturated rings. The average molecular weight is 458 g/mol. The molecule has 2 aromatic carbocycles. The number of anilines is 1. The molecule has 1 saturated carbocycles. The number of amides is 3. The number of rotatable bonds is 4. The second-order valence-electron chi connectivity index (χ2n) is 9.55. The van der Waals surface area contributed by atoms with Gasteiger partial charge in [-0.2, -0.15) is 0 Å². The zero-order valence-electron chi connectivity index (χ0n) is 19.7. The van der Waals surface area contributed by atoms with Crippen molar-refractivity contribution in [2.45, 2.75) is 64.5 Å². The Morgan fingerprint density at radius 2 is 1.56 bits per heavy atom. The van der Waals surface area contributed by atoms with Gasteiger partial charge in [0.1, 0.15) is 5.70 Å². The smallest absolute Gasteiger partial charge is 0.278 e. The van der Waals surface area contributed by atoms with Gasteiger partial charge in [-0.25, -0.2) is 0 Å². The highest BCUT2D eigenvalue weighted by atomic mass is 16.2. The molecule has 6 heteroatoms. The second-order valence-corrected chi connectivity index (χ2v) is 9.55. The zero-order valence-corrected chi connectivity index (χ0v) is 19.7. The zero-order chi connectivity index (χ0) is 23.7. The number of benzene rings is 2. The maximum absolute atomic E-state index is 13.9. The molecule has 0 atom stereocenters. The van der Waals surface area contributed by atoms with Crippen LogP contribution >= 0.6 is 0 Å². The summed E-state index contributed by atoms with van der Waals surface area (Å²) in [5.41, 5.74) is 4.91. The standard InChI is InChI=1S/C28H31N3O3/c1-19(32)29-23-14-12-21(13-15-23)25-26(30-17-16-20-8-6-7-9-22(20)18-30)28(34)31(27(25)33)24-10-4-2-3-5-11-24/h6-9,12-15,24H,2-5,10-11,16-18H2,1H3,(H,29,32). The van der Waals surface area contributed by atoms with Crippen LogP contribution in [-0.4, -0.2) is 40.1 Å². The highest BCUT2D eigenvalue weighted by molar-refractivity contribution is 6.35. The number of nitrogens with one attached hydrogen (secondary N) is 1. The maximum atomic E-state index is 13.9. The van der Waals surface area contributed by atoms with Gasteiger partial charge in [-0.15, -0.1) is 0 Å². The summed E-state index contributed by atoms with van der Waals surface area (Å²) < 4.78 is 0. The molecule has 0 aromatic heterocycles. The Morgan fingerprint density at radius 1 is 0.882 bits per heavy atom. The van der Waals surface area contributed by atoms with Crippen LogP contribution in [0, 0.1) is 0 Å². The molecule has 2 aliphatic heterocycles. The second kappa shape index (κ2) is 9.45. The molecule has 0 saturated heterocycles. The number of carbonyl (C=O) groups is 3. The third-order valence-electron chi connectivity index (χ3n) is 7.22. The van der Waals surface area contributed by atoms with Crippen LogP contribution in [0.2, 0.25) is 0 Å². The Hall–Kier alpha value is -3.41. The minimum atomic E-state index is -0.182. The summed E-state index contributed by atoms with van der Waals surface area (Å²) in [7, 11) is 0. The lowest BCUT2D eigenvalue weighted by Gasteiger charge is -2.32. The molecule has 2 heterocycles. The molecule has 2 aromatic rings. The van der Waals surface area contributed by atoms with Gasteiger partial charge in [0.15, 0.2) is 0 Å². The first-order valence-electron chi connectivity index (χ1n) is 12.3. The fourth-order valence-corrected chi connectivity index (χ4v) is 5.55. The van der Waals surface area contributed by atoms with E-state index >= 15 is 0 Å². The molecule has 0 spiro atoms. The van der Waals surface area contributed by atoms with Crippen molar-refractivity contribution in [3.05, 3.63) is 70.9 Å². The number of hydrogen-bond donors (Lipinski definition) is 1. The van der Waals surface area contributed by atoms with Gasteiger partial charge in [-0.05, 0) is 48.1 Å². The van der Waals surface area contributed by atoms with E-state index in [1.165, 1.54) is 18.1 Å². The van der Waals surface area contributed by atoms with Crippen LogP contribution in [0.3, 0.4) is 0 Å². The normalized spacial score (nSPS) is 19.3. The lowest BCUT2D eigenvalue weighted by Crippen LogP contribution is -2.43. The van der Waals surface area contributed by atoms with Gasteiger partial charge in [0.2, 0.25) is 5.91 Å². The lowest BCUT2D eigenvalue weighted by molar-refractivity contribution is -0.140. The van der Waals surface area contributed by atoms with E-state index in [2.05, 4.69) is 22.3 Å². The Kier molecular flexibility index (Phi) is 6.22. The number of hydrogen-bond acceptors (Lipinski definition) is 4. The molecular formula is C28H31N3O3. The predicted molar refractivity (Wildman–Crippen MR) is 132 cm³/mol. The fraction of sp³-hybridized carbons (Fsp3) is 0.393. The number of imide groups is 1. The van der Waals surface area contributed by atoms with Crippen LogP contribution in [0.15, 0.2) is 54.2 Å². The monoisotopic (exact) mass is 457 g/mol. The number of carbonyl (C=O) groups excluding carboxylic acids is 3. The summed E-state index contributed by atoms with van der Waals surface area (Å²) in [5.74, 6) is -0.485. The summed E-state index contributed by atoms with van der Waals surface area (Å²) >= 11 is 0. The highest BCUT2D eigenvalue weighted by Gasteiger charge is 2.45. The van der Waals surface area contributed by atoms with Crippen LogP contribution < -0.4 is 5.32 Å². The lowest BCUT2D eigenvalue weighted by atomic mass is 9.97. The molecule has 0 unspecified atom stereocenters. The maximum Gasteiger partial charge on any atom is 0.278 e. The van der Waals surface area contributed by atoms with Crippen molar-refractivity contribution in [1.29, 1.82) is 0 Å². The van der Waals surface area contributed by atoms with Crippen LogP contribution in [-0.2, 0) is 27.3 Å². The first kappa shape index (κ1) is 22.4. The van der Waals surface area contributed by atoms with Crippen molar-refractivity contribution in [1.82, 2.24) is 9.80 Å². The third-order valence-corrected chi connectivity index (χ3v) is 7.22. The van der Waals surface area contributed by atoms with E-state index in [1.54, 1.807) is 17.0 Å². The average Bonchev–Trinajstić information content (AvgIpc) is 2.99. The van der Waals surface area contributed by atoms with E-state index in [9.17, 15) is 14.4 Å². The number of fused-ring (bicyclic) bond motifs is 1. The van der Waals surface area contributed by atoms with Crippen molar-refractivity contribution in [2.24, 2.45) is 0 Å². The molecule has 3 aliphatic rings. The molecule has 1 aliphatic carbocycles.